The van der Waals surface area contributed by atoms with Gasteiger partial charge in [-0.2, -0.15) is 0 Å². The van der Waals surface area contributed by atoms with Crippen LogP contribution in [0.3, 0.4) is 0 Å². The van der Waals surface area contributed by atoms with Crippen LogP contribution in [0.2, 0.25) is 0 Å². The molecule has 6 heteroatoms. The Hall–Kier alpha value is -2.73. The molecular weight excluding hydrogens is 380 g/mol. The zero-order valence-corrected chi connectivity index (χ0v) is 15.0. The summed E-state index contributed by atoms with van der Waals surface area (Å²) in [5.74, 6) is 0.735. The number of nitrogens with zero attached hydrogens (tertiary/aromatic N) is 2. The van der Waals surface area contributed by atoms with Gasteiger partial charge in [0.05, 0.1) is 22.6 Å². The second-order valence-corrected chi connectivity index (χ2v) is 6.75. The molecule has 0 radical (unpaired) electrons. The number of benzene rings is 1. The van der Waals surface area contributed by atoms with Crippen LogP contribution in [0.1, 0.15) is 18.7 Å². The summed E-state index contributed by atoms with van der Waals surface area (Å²) in [6, 6.07) is 13.5. The Labute approximate surface area is 152 Å². The molecule has 0 amide bonds. The smallest absolute Gasteiger partial charge is 0.258 e. The third kappa shape index (κ3) is 2.89. The first-order chi connectivity index (χ1) is 12.1. The molecule has 5 nitrogen and oxygen atoms in total. The molecule has 0 aliphatic rings. The number of aromatic amines is 1. The Morgan fingerprint density at radius 2 is 2.04 bits per heavy atom. The molecule has 0 fully saturated rings. The van der Waals surface area contributed by atoms with E-state index in [0.717, 1.165) is 26.8 Å². The van der Waals surface area contributed by atoms with E-state index in [0.29, 0.717) is 10.9 Å². The molecule has 0 saturated heterocycles. The lowest BCUT2D eigenvalue weighted by molar-refractivity contribution is 0.835. The Morgan fingerprint density at radius 1 is 1.16 bits per heavy atom. The van der Waals surface area contributed by atoms with Gasteiger partial charge in [-0.05, 0) is 43.3 Å². The molecule has 1 aromatic carbocycles. The quantitative estimate of drug-likeness (QED) is 0.505. The molecule has 4 aromatic rings. The fourth-order valence-electron chi connectivity index (χ4n) is 2.95. The number of H-pyrrole nitrogens is 1. The van der Waals surface area contributed by atoms with E-state index < -0.39 is 0 Å². The van der Waals surface area contributed by atoms with E-state index in [9.17, 15) is 4.79 Å². The summed E-state index contributed by atoms with van der Waals surface area (Å²) in [4.78, 5) is 24.1. The molecule has 2 N–H and O–H groups in total. The lowest BCUT2D eigenvalue weighted by atomic mass is 10.1. The van der Waals surface area contributed by atoms with E-state index in [1.165, 1.54) is 0 Å². The maximum atomic E-state index is 12.3. The Bertz CT molecular complexity index is 1120. The van der Waals surface area contributed by atoms with Gasteiger partial charge in [-0.25, -0.2) is 4.98 Å². The number of aromatic nitrogens is 3. The summed E-state index contributed by atoms with van der Waals surface area (Å²) in [6.07, 6.45) is 3.39. The van der Waals surface area contributed by atoms with Crippen LogP contribution in [0, 0.1) is 0 Å². The second kappa shape index (κ2) is 6.29. The third-order valence-electron chi connectivity index (χ3n) is 4.16. The molecule has 0 bridgehead atoms. The largest absolute Gasteiger partial charge is 0.361 e. The molecule has 0 saturated carbocycles. The first-order valence-corrected chi connectivity index (χ1v) is 8.71. The van der Waals surface area contributed by atoms with Crippen LogP contribution in [0.25, 0.3) is 21.7 Å². The lowest BCUT2D eigenvalue weighted by Gasteiger charge is -2.16. The standard InChI is InChI=1S/C19H15BrN4O/c1-11(15-4-2-3-8-21-15)23-18-13-6-5-12(20)10-14(13)17-16(24-18)7-9-22-19(17)25/h2-11H,1H3,(H,22,25)(H,23,24). The highest BCUT2D eigenvalue weighted by molar-refractivity contribution is 9.10. The maximum Gasteiger partial charge on any atom is 0.258 e. The zero-order valence-electron chi connectivity index (χ0n) is 13.5. The normalized spacial score (nSPS) is 12.4. The average molecular weight is 395 g/mol. The fourth-order valence-corrected chi connectivity index (χ4v) is 3.31. The van der Waals surface area contributed by atoms with Gasteiger partial charge in [0.2, 0.25) is 0 Å². The number of fused-ring (bicyclic) bond motifs is 3. The van der Waals surface area contributed by atoms with Gasteiger partial charge >= 0.3 is 0 Å². The van der Waals surface area contributed by atoms with Crippen molar-refractivity contribution in [2.75, 3.05) is 5.32 Å². The molecule has 1 atom stereocenters. The van der Waals surface area contributed by atoms with Crippen molar-refractivity contribution in [3.05, 3.63) is 75.4 Å². The van der Waals surface area contributed by atoms with Crippen molar-refractivity contribution in [1.82, 2.24) is 15.0 Å². The van der Waals surface area contributed by atoms with E-state index in [2.05, 4.69) is 36.2 Å². The van der Waals surface area contributed by atoms with Crippen molar-refractivity contribution < 1.29 is 0 Å². The van der Waals surface area contributed by atoms with Gasteiger partial charge in [-0.15, -0.1) is 0 Å². The number of halogens is 1. The summed E-state index contributed by atoms with van der Waals surface area (Å²) in [5.41, 5.74) is 1.45. The topological polar surface area (TPSA) is 70.7 Å². The van der Waals surface area contributed by atoms with Gasteiger partial charge < -0.3 is 10.3 Å². The van der Waals surface area contributed by atoms with Crippen molar-refractivity contribution in [2.45, 2.75) is 13.0 Å². The molecule has 3 aromatic heterocycles. The first-order valence-electron chi connectivity index (χ1n) is 7.91. The second-order valence-electron chi connectivity index (χ2n) is 5.84. The minimum Gasteiger partial charge on any atom is -0.361 e. The van der Waals surface area contributed by atoms with Gasteiger partial charge in [-0.1, -0.05) is 22.0 Å². The fraction of sp³-hybridized carbons (Fsp3) is 0.105. The van der Waals surface area contributed by atoms with Crippen LogP contribution in [0.15, 0.2) is 64.1 Å². The van der Waals surface area contributed by atoms with Gasteiger partial charge in [0.1, 0.15) is 5.82 Å². The predicted octanol–water partition coefficient (Wildman–Crippen LogP) is 4.41. The number of nitrogens with one attached hydrogen (secondary N) is 2. The van der Waals surface area contributed by atoms with E-state index >= 15 is 0 Å². The highest BCUT2D eigenvalue weighted by Gasteiger charge is 2.14. The van der Waals surface area contributed by atoms with Gasteiger partial charge in [0, 0.05) is 27.6 Å². The monoisotopic (exact) mass is 394 g/mol. The zero-order chi connectivity index (χ0) is 17.4. The average Bonchev–Trinajstić information content (AvgIpc) is 2.62. The van der Waals surface area contributed by atoms with E-state index in [1.54, 1.807) is 12.4 Å². The Morgan fingerprint density at radius 3 is 2.84 bits per heavy atom. The molecule has 0 aliphatic carbocycles. The minimum absolute atomic E-state index is 0.0139. The van der Waals surface area contributed by atoms with E-state index in [4.69, 9.17) is 0 Å². The summed E-state index contributed by atoms with van der Waals surface area (Å²) in [6.45, 7) is 2.04. The number of rotatable bonds is 3. The van der Waals surface area contributed by atoms with Crippen LogP contribution in [0.4, 0.5) is 5.82 Å². The van der Waals surface area contributed by atoms with Crippen molar-refractivity contribution >= 4 is 43.4 Å². The van der Waals surface area contributed by atoms with Crippen molar-refractivity contribution in [2.24, 2.45) is 0 Å². The number of pyridine rings is 3. The third-order valence-corrected chi connectivity index (χ3v) is 4.66. The van der Waals surface area contributed by atoms with Gasteiger partial charge in [0.15, 0.2) is 0 Å². The molecule has 25 heavy (non-hydrogen) atoms. The van der Waals surface area contributed by atoms with Gasteiger partial charge in [0.25, 0.3) is 5.56 Å². The van der Waals surface area contributed by atoms with Crippen molar-refractivity contribution in [3.63, 3.8) is 0 Å². The van der Waals surface area contributed by atoms with Crippen LogP contribution in [0.5, 0.6) is 0 Å². The highest BCUT2D eigenvalue weighted by Crippen LogP contribution is 2.31. The van der Waals surface area contributed by atoms with Crippen LogP contribution < -0.4 is 10.9 Å². The molecular formula is C19H15BrN4O. The summed E-state index contributed by atoms with van der Waals surface area (Å²) in [7, 11) is 0. The number of hydrogen-bond acceptors (Lipinski definition) is 4. The summed E-state index contributed by atoms with van der Waals surface area (Å²) < 4.78 is 0.916. The van der Waals surface area contributed by atoms with Crippen LogP contribution in [-0.2, 0) is 0 Å². The van der Waals surface area contributed by atoms with Crippen molar-refractivity contribution in [1.29, 1.82) is 0 Å². The minimum atomic E-state index is -0.141. The predicted molar refractivity (Wildman–Crippen MR) is 104 cm³/mol. The highest BCUT2D eigenvalue weighted by atomic mass is 79.9. The Kier molecular flexibility index (Phi) is 3.97. The van der Waals surface area contributed by atoms with Gasteiger partial charge in [-0.3, -0.25) is 9.78 Å². The Balaban J connectivity index is 1.93. The molecule has 4 rings (SSSR count). The molecule has 1 unspecified atom stereocenters. The van der Waals surface area contributed by atoms with Crippen LogP contribution >= 0.6 is 15.9 Å². The van der Waals surface area contributed by atoms with E-state index in [1.807, 2.05) is 49.4 Å². The molecule has 3 heterocycles. The number of anilines is 1. The summed E-state index contributed by atoms with van der Waals surface area (Å²) >= 11 is 3.49. The SMILES string of the molecule is CC(Nc1nc2cc[nH]c(=O)c2c2cc(Br)ccc12)c1ccccn1. The number of hydrogen-bond donors (Lipinski definition) is 2. The maximum absolute atomic E-state index is 12.3. The molecule has 124 valence electrons. The van der Waals surface area contributed by atoms with Crippen molar-refractivity contribution in [3.8, 4) is 0 Å². The molecule has 0 aliphatic heterocycles. The lowest BCUT2D eigenvalue weighted by Crippen LogP contribution is -2.12. The first kappa shape index (κ1) is 15.8. The molecule has 0 spiro atoms. The van der Waals surface area contributed by atoms with Crippen LogP contribution in [-0.4, -0.2) is 15.0 Å². The summed E-state index contributed by atoms with van der Waals surface area (Å²) in [5, 5.41) is 5.78. The van der Waals surface area contributed by atoms with E-state index in [-0.39, 0.29) is 11.6 Å².